The van der Waals surface area contributed by atoms with Crippen LogP contribution < -0.4 is 0 Å². The molecule has 0 bridgehead atoms. The van der Waals surface area contributed by atoms with Gasteiger partial charge in [0.1, 0.15) is 0 Å². The maximum Gasteiger partial charge on any atom is 0.501 e. The van der Waals surface area contributed by atoms with Gasteiger partial charge in [0.25, 0.3) is 0 Å². The number of hydrogen-bond donors (Lipinski definition) is 0. The van der Waals surface area contributed by atoms with Crippen molar-refractivity contribution in [2.75, 3.05) is 13.2 Å². The lowest BCUT2D eigenvalue weighted by atomic mass is 10.1. The molecule has 1 fully saturated rings. The summed E-state index contributed by atoms with van der Waals surface area (Å²) >= 11 is 5.80. The largest absolute Gasteiger partial charge is 0.501 e. The lowest BCUT2D eigenvalue weighted by Crippen LogP contribution is -2.52. The molecule has 0 amide bonds. The van der Waals surface area contributed by atoms with E-state index in [2.05, 4.69) is 31.2 Å². The Kier molecular flexibility index (Phi) is 6.05. The lowest BCUT2D eigenvalue weighted by Gasteiger charge is -2.36. The highest BCUT2D eigenvalue weighted by Crippen LogP contribution is 2.26. The van der Waals surface area contributed by atoms with Gasteiger partial charge in [0.2, 0.25) is 0 Å². The Morgan fingerprint density at radius 3 is 2.60 bits per heavy atom. The number of aryl methyl sites for hydroxylation is 1. The Morgan fingerprint density at radius 2 is 2.00 bits per heavy atom. The van der Waals surface area contributed by atoms with E-state index in [1.807, 2.05) is 6.92 Å². The van der Waals surface area contributed by atoms with E-state index in [0.717, 1.165) is 31.1 Å². The van der Waals surface area contributed by atoms with Crippen molar-refractivity contribution in [3.05, 3.63) is 35.4 Å². The van der Waals surface area contributed by atoms with Crippen molar-refractivity contribution in [2.45, 2.75) is 44.7 Å². The Morgan fingerprint density at radius 1 is 1.30 bits per heavy atom. The standard InChI is InChI=1S/C15H23ClO3Si/c1-3-17-20(18-10-8-13(2)19-20)11-9-14-4-6-15(12-16)7-5-14/h4-7,13H,3,8-12H2,1-2H3. The summed E-state index contributed by atoms with van der Waals surface area (Å²) in [5.74, 6) is 0.557. The SMILES string of the molecule is CCO[Si]1(CCc2ccc(CCl)cc2)OCCC(C)O1. The fraction of sp³-hybridized carbons (Fsp3) is 0.600. The zero-order valence-electron chi connectivity index (χ0n) is 12.2. The Balaban J connectivity index is 1.97. The van der Waals surface area contributed by atoms with Crippen molar-refractivity contribution in [1.29, 1.82) is 0 Å². The van der Waals surface area contributed by atoms with Crippen molar-refractivity contribution in [1.82, 2.24) is 0 Å². The van der Waals surface area contributed by atoms with Gasteiger partial charge in [-0.1, -0.05) is 24.3 Å². The smallest absolute Gasteiger partial charge is 0.374 e. The topological polar surface area (TPSA) is 27.7 Å². The molecule has 0 radical (unpaired) electrons. The first-order valence-electron chi connectivity index (χ1n) is 7.27. The molecule has 112 valence electrons. The molecule has 0 aromatic heterocycles. The molecule has 2 unspecified atom stereocenters. The normalized spacial score (nSPS) is 26.6. The number of hydrogen-bond acceptors (Lipinski definition) is 3. The molecule has 1 aromatic carbocycles. The molecule has 3 nitrogen and oxygen atoms in total. The van der Waals surface area contributed by atoms with Crippen molar-refractivity contribution in [2.24, 2.45) is 0 Å². The average molecular weight is 315 g/mol. The maximum atomic E-state index is 6.05. The van der Waals surface area contributed by atoms with Crippen molar-refractivity contribution >= 4 is 20.4 Å². The molecule has 1 aromatic rings. The molecule has 2 rings (SSSR count). The quantitative estimate of drug-likeness (QED) is 0.591. The monoisotopic (exact) mass is 314 g/mol. The average Bonchev–Trinajstić information content (AvgIpc) is 2.46. The van der Waals surface area contributed by atoms with Crippen LogP contribution in [0.2, 0.25) is 6.04 Å². The number of halogens is 1. The third-order valence-electron chi connectivity index (χ3n) is 3.49. The summed E-state index contributed by atoms with van der Waals surface area (Å²) < 4.78 is 17.9. The van der Waals surface area contributed by atoms with Crippen LogP contribution in [0.5, 0.6) is 0 Å². The van der Waals surface area contributed by atoms with Crippen molar-refractivity contribution in [3.63, 3.8) is 0 Å². The van der Waals surface area contributed by atoms with Crippen LogP contribution in [-0.4, -0.2) is 28.1 Å². The molecule has 20 heavy (non-hydrogen) atoms. The molecule has 1 aliphatic rings. The van der Waals surface area contributed by atoms with Gasteiger partial charge in [-0.15, -0.1) is 11.6 Å². The summed E-state index contributed by atoms with van der Waals surface area (Å²) in [5.41, 5.74) is 2.42. The minimum atomic E-state index is -2.48. The summed E-state index contributed by atoms with van der Waals surface area (Å²) in [7, 11) is -2.48. The first kappa shape index (κ1) is 16.0. The molecule has 1 heterocycles. The maximum absolute atomic E-state index is 6.05. The molecular weight excluding hydrogens is 292 g/mol. The molecule has 0 aliphatic carbocycles. The minimum absolute atomic E-state index is 0.237. The fourth-order valence-corrected chi connectivity index (χ4v) is 5.37. The van der Waals surface area contributed by atoms with E-state index in [-0.39, 0.29) is 6.10 Å². The van der Waals surface area contributed by atoms with Crippen LogP contribution in [-0.2, 0) is 25.6 Å². The second kappa shape index (κ2) is 7.57. The van der Waals surface area contributed by atoms with E-state index < -0.39 is 8.80 Å². The second-order valence-corrected chi connectivity index (χ2v) is 8.08. The van der Waals surface area contributed by atoms with E-state index in [9.17, 15) is 0 Å². The lowest BCUT2D eigenvalue weighted by molar-refractivity contribution is -0.0109. The van der Waals surface area contributed by atoms with Crippen LogP contribution in [0.25, 0.3) is 0 Å². The van der Waals surface area contributed by atoms with Gasteiger partial charge in [0, 0.05) is 31.2 Å². The summed E-state index contributed by atoms with van der Waals surface area (Å²) in [5, 5.41) is 0. The first-order chi connectivity index (χ1) is 9.67. The second-order valence-electron chi connectivity index (χ2n) is 5.13. The molecule has 5 heteroatoms. The highest BCUT2D eigenvalue weighted by molar-refractivity contribution is 6.60. The van der Waals surface area contributed by atoms with Crippen LogP contribution >= 0.6 is 11.6 Å². The number of alkyl halides is 1. The van der Waals surface area contributed by atoms with E-state index in [1.165, 1.54) is 5.56 Å². The Labute approximate surface area is 127 Å². The van der Waals surface area contributed by atoms with Gasteiger partial charge in [-0.3, -0.25) is 0 Å². The van der Waals surface area contributed by atoms with Gasteiger partial charge in [-0.25, -0.2) is 0 Å². The third kappa shape index (κ3) is 4.30. The first-order valence-corrected chi connectivity index (χ1v) is 9.73. The molecule has 1 aliphatic heterocycles. The predicted molar refractivity (Wildman–Crippen MR) is 83.0 cm³/mol. The van der Waals surface area contributed by atoms with E-state index in [4.69, 9.17) is 24.9 Å². The van der Waals surface area contributed by atoms with Gasteiger partial charge in [-0.05, 0) is 37.8 Å². The van der Waals surface area contributed by atoms with Crippen molar-refractivity contribution < 1.29 is 13.3 Å². The fourth-order valence-electron chi connectivity index (χ4n) is 2.37. The predicted octanol–water partition coefficient (Wildman–Crippen LogP) is 3.77. The molecule has 2 atom stereocenters. The van der Waals surface area contributed by atoms with Crippen LogP contribution in [0.4, 0.5) is 0 Å². The van der Waals surface area contributed by atoms with E-state index in [0.29, 0.717) is 12.5 Å². The Hall–Kier alpha value is -0.393. The van der Waals surface area contributed by atoms with Gasteiger partial charge >= 0.3 is 8.80 Å². The van der Waals surface area contributed by atoms with Gasteiger partial charge in [-0.2, -0.15) is 0 Å². The third-order valence-corrected chi connectivity index (χ3v) is 6.79. The van der Waals surface area contributed by atoms with E-state index in [1.54, 1.807) is 0 Å². The summed E-state index contributed by atoms with van der Waals surface area (Å²) in [6.07, 6.45) is 2.11. The summed E-state index contributed by atoms with van der Waals surface area (Å²) in [6.45, 7) is 5.48. The molecule has 0 saturated carbocycles. The van der Waals surface area contributed by atoms with Gasteiger partial charge in [0.05, 0.1) is 0 Å². The highest BCUT2D eigenvalue weighted by atomic mass is 35.5. The zero-order valence-corrected chi connectivity index (χ0v) is 14.0. The summed E-state index contributed by atoms with van der Waals surface area (Å²) in [6, 6.07) is 9.23. The minimum Gasteiger partial charge on any atom is -0.374 e. The molecular formula is C15H23ClO3Si. The van der Waals surface area contributed by atoms with Gasteiger partial charge in [0.15, 0.2) is 0 Å². The Bertz CT molecular complexity index is 408. The van der Waals surface area contributed by atoms with Gasteiger partial charge < -0.3 is 13.3 Å². The number of benzene rings is 1. The van der Waals surface area contributed by atoms with Crippen LogP contribution in [0.3, 0.4) is 0 Å². The zero-order chi connectivity index (χ0) is 14.4. The molecule has 1 saturated heterocycles. The van der Waals surface area contributed by atoms with Crippen LogP contribution in [0, 0.1) is 0 Å². The molecule has 0 spiro atoms. The summed E-state index contributed by atoms with van der Waals surface area (Å²) in [4.78, 5) is 0. The molecule has 0 N–H and O–H groups in total. The van der Waals surface area contributed by atoms with Crippen LogP contribution in [0.1, 0.15) is 31.4 Å². The number of rotatable bonds is 6. The van der Waals surface area contributed by atoms with Crippen LogP contribution in [0.15, 0.2) is 24.3 Å². The van der Waals surface area contributed by atoms with E-state index >= 15 is 0 Å². The van der Waals surface area contributed by atoms with Crippen molar-refractivity contribution in [3.8, 4) is 0 Å². The highest BCUT2D eigenvalue weighted by Gasteiger charge is 2.44.